The topological polar surface area (TPSA) is 33.1 Å². The fourth-order valence-electron chi connectivity index (χ4n) is 2.53. The molecule has 0 aliphatic carbocycles. The lowest BCUT2D eigenvalue weighted by Crippen LogP contribution is -2.28. The van der Waals surface area contributed by atoms with Crippen LogP contribution in [0.2, 0.25) is 0 Å². The lowest BCUT2D eigenvalue weighted by molar-refractivity contribution is 0.288. The number of hydrogen-bond acceptors (Lipinski definition) is 3. The Morgan fingerprint density at radius 3 is 2.94 bits per heavy atom. The minimum Gasteiger partial charge on any atom is -0.332 e. The molecule has 17 heavy (non-hydrogen) atoms. The summed E-state index contributed by atoms with van der Waals surface area (Å²) in [5.74, 6) is 0. The molecule has 0 radical (unpaired) electrons. The first-order chi connectivity index (χ1) is 8.35. The number of rotatable bonds is 6. The molecule has 2 heterocycles. The maximum absolute atomic E-state index is 4.30. The van der Waals surface area contributed by atoms with Crippen LogP contribution in [0.5, 0.6) is 0 Å². The maximum Gasteiger partial charge on any atom is 0.0949 e. The Bertz CT molecular complexity index is 324. The second-order valence-electron chi connectivity index (χ2n) is 4.69. The quantitative estimate of drug-likeness (QED) is 0.815. The van der Waals surface area contributed by atoms with Gasteiger partial charge in [-0.1, -0.05) is 13.8 Å². The van der Waals surface area contributed by atoms with Crippen molar-refractivity contribution in [1.82, 2.24) is 19.8 Å². The molecule has 1 atom stereocenters. The van der Waals surface area contributed by atoms with Crippen LogP contribution < -0.4 is 5.32 Å². The van der Waals surface area contributed by atoms with E-state index in [0.29, 0.717) is 6.04 Å². The number of imidazole rings is 1. The molecule has 4 heteroatoms. The SMILES string of the molecule is CCN(CC)CCn1cncc1[C@@H]1CCCN1. The van der Waals surface area contributed by atoms with E-state index in [1.54, 1.807) is 0 Å². The normalized spacial score (nSPS) is 20.3. The van der Waals surface area contributed by atoms with Crippen molar-refractivity contribution >= 4 is 0 Å². The molecule has 1 aromatic rings. The first-order valence-corrected chi connectivity index (χ1v) is 6.81. The number of nitrogens with zero attached hydrogens (tertiary/aromatic N) is 3. The zero-order valence-electron chi connectivity index (χ0n) is 11.0. The van der Waals surface area contributed by atoms with E-state index in [9.17, 15) is 0 Å². The van der Waals surface area contributed by atoms with E-state index in [-0.39, 0.29) is 0 Å². The molecule has 0 amide bonds. The van der Waals surface area contributed by atoms with E-state index in [4.69, 9.17) is 0 Å². The molecule has 0 aromatic carbocycles. The van der Waals surface area contributed by atoms with Crippen LogP contribution in [-0.2, 0) is 6.54 Å². The number of likely N-dealkylation sites (N-methyl/N-ethyl adjacent to an activating group) is 1. The summed E-state index contributed by atoms with van der Waals surface area (Å²) >= 11 is 0. The van der Waals surface area contributed by atoms with Crippen LogP contribution in [-0.4, -0.2) is 40.6 Å². The van der Waals surface area contributed by atoms with Crippen LogP contribution >= 0.6 is 0 Å². The molecule has 0 spiro atoms. The van der Waals surface area contributed by atoms with Gasteiger partial charge >= 0.3 is 0 Å². The summed E-state index contributed by atoms with van der Waals surface area (Å²) in [4.78, 5) is 6.75. The second-order valence-corrected chi connectivity index (χ2v) is 4.69. The molecular weight excluding hydrogens is 212 g/mol. The molecule has 96 valence electrons. The van der Waals surface area contributed by atoms with Crippen molar-refractivity contribution in [3.63, 3.8) is 0 Å². The number of nitrogens with one attached hydrogen (secondary N) is 1. The van der Waals surface area contributed by atoms with Crippen molar-refractivity contribution < 1.29 is 0 Å². The highest BCUT2D eigenvalue weighted by atomic mass is 15.2. The molecule has 1 fully saturated rings. The van der Waals surface area contributed by atoms with Crippen LogP contribution in [0.4, 0.5) is 0 Å². The highest BCUT2D eigenvalue weighted by molar-refractivity contribution is 5.07. The lowest BCUT2D eigenvalue weighted by atomic mass is 10.2. The molecule has 1 N–H and O–H groups in total. The largest absolute Gasteiger partial charge is 0.332 e. The summed E-state index contributed by atoms with van der Waals surface area (Å²) in [7, 11) is 0. The molecule has 1 aliphatic heterocycles. The van der Waals surface area contributed by atoms with Crippen LogP contribution in [0.15, 0.2) is 12.5 Å². The Balaban J connectivity index is 1.94. The fraction of sp³-hybridized carbons (Fsp3) is 0.769. The predicted molar refractivity (Wildman–Crippen MR) is 70.0 cm³/mol. The van der Waals surface area contributed by atoms with Crippen LogP contribution in [0, 0.1) is 0 Å². The summed E-state index contributed by atoms with van der Waals surface area (Å²) < 4.78 is 2.31. The van der Waals surface area contributed by atoms with Crippen LogP contribution in [0.1, 0.15) is 38.4 Å². The van der Waals surface area contributed by atoms with Crippen molar-refractivity contribution in [2.75, 3.05) is 26.2 Å². The zero-order chi connectivity index (χ0) is 12.1. The zero-order valence-corrected chi connectivity index (χ0v) is 11.0. The average molecular weight is 236 g/mol. The summed E-state index contributed by atoms with van der Waals surface area (Å²) in [6.07, 6.45) is 6.52. The predicted octanol–water partition coefficient (Wildman–Crippen LogP) is 1.65. The molecule has 1 saturated heterocycles. The van der Waals surface area contributed by atoms with E-state index in [1.165, 1.54) is 18.5 Å². The van der Waals surface area contributed by atoms with Crippen molar-refractivity contribution in [1.29, 1.82) is 0 Å². The van der Waals surface area contributed by atoms with Crippen molar-refractivity contribution in [3.8, 4) is 0 Å². The first kappa shape index (κ1) is 12.6. The van der Waals surface area contributed by atoms with Gasteiger partial charge in [0.2, 0.25) is 0 Å². The molecule has 0 unspecified atom stereocenters. The van der Waals surface area contributed by atoms with E-state index in [1.807, 2.05) is 12.5 Å². The summed E-state index contributed by atoms with van der Waals surface area (Å²) in [6, 6.07) is 0.522. The average Bonchev–Trinajstić information content (AvgIpc) is 3.00. The summed E-state index contributed by atoms with van der Waals surface area (Å²) in [6.45, 7) is 10.0. The number of aromatic nitrogens is 2. The Hall–Kier alpha value is -0.870. The monoisotopic (exact) mass is 236 g/mol. The van der Waals surface area contributed by atoms with E-state index < -0.39 is 0 Å². The number of hydrogen-bond donors (Lipinski definition) is 1. The van der Waals surface area contributed by atoms with Gasteiger partial charge in [-0.15, -0.1) is 0 Å². The van der Waals surface area contributed by atoms with E-state index >= 15 is 0 Å². The molecular formula is C13H24N4. The van der Waals surface area contributed by atoms with Crippen molar-refractivity contribution in [2.24, 2.45) is 0 Å². The molecule has 0 bridgehead atoms. The van der Waals surface area contributed by atoms with Gasteiger partial charge in [0.05, 0.1) is 12.0 Å². The van der Waals surface area contributed by atoms with E-state index in [2.05, 4.69) is 33.6 Å². The molecule has 4 nitrogen and oxygen atoms in total. The highest BCUT2D eigenvalue weighted by Gasteiger charge is 2.19. The Morgan fingerprint density at radius 1 is 1.47 bits per heavy atom. The minimum absolute atomic E-state index is 0.522. The Kier molecular flexibility index (Phi) is 4.57. The van der Waals surface area contributed by atoms with Gasteiger partial charge in [-0.2, -0.15) is 0 Å². The van der Waals surface area contributed by atoms with Crippen molar-refractivity contribution in [2.45, 2.75) is 39.3 Å². The highest BCUT2D eigenvalue weighted by Crippen LogP contribution is 2.22. The van der Waals surface area contributed by atoms with Crippen molar-refractivity contribution in [3.05, 3.63) is 18.2 Å². The molecule has 1 aromatic heterocycles. The van der Waals surface area contributed by atoms with Gasteiger partial charge in [0.1, 0.15) is 0 Å². The standard InChI is InChI=1S/C13H24N4/c1-3-16(4-2)8-9-17-11-14-10-13(17)12-6-5-7-15-12/h10-12,15H,3-9H2,1-2H3/t12-/m0/s1. The van der Waals surface area contributed by atoms with Gasteiger partial charge in [-0.25, -0.2) is 4.98 Å². The third-order valence-corrected chi connectivity index (χ3v) is 3.71. The molecule has 0 saturated carbocycles. The summed E-state index contributed by atoms with van der Waals surface area (Å²) in [5, 5.41) is 3.54. The molecule has 2 rings (SSSR count). The minimum atomic E-state index is 0.522. The van der Waals surface area contributed by atoms with Gasteiger partial charge in [-0.05, 0) is 32.5 Å². The summed E-state index contributed by atoms with van der Waals surface area (Å²) in [5.41, 5.74) is 1.36. The Labute approximate surface area is 104 Å². The van der Waals surface area contributed by atoms with E-state index in [0.717, 1.165) is 32.7 Å². The third-order valence-electron chi connectivity index (χ3n) is 3.71. The third kappa shape index (κ3) is 3.07. The molecule has 1 aliphatic rings. The van der Waals surface area contributed by atoms with Gasteiger partial charge in [0, 0.05) is 25.3 Å². The lowest BCUT2D eigenvalue weighted by Gasteiger charge is -2.20. The van der Waals surface area contributed by atoms with Gasteiger partial charge < -0.3 is 14.8 Å². The van der Waals surface area contributed by atoms with Gasteiger partial charge in [-0.3, -0.25) is 0 Å². The second kappa shape index (κ2) is 6.17. The fourth-order valence-corrected chi connectivity index (χ4v) is 2.53. The Morgan fingerprint density at radius 2 is 2.29 bits per heavy atom. The smallest absolute Gasteiger partial charge is 0.0949 e. The van der Waals surface area contributed by atoms with Crippen LogP contribution in [0.3, 0.4) is 0 Å². The maximum atomic E-state index is 4.30. The van der Waals surface area contributed by atoms with Gasteiger partial charge in [0.25, 0.3) is 0 Å². The van der Waals surface area contributed by atoms with Crippen LogP contribution in [0.25, 0.3) is 0 Å². The van der Waals surface area contributed by atoms with Gasteiger partial charge in [0.15, 0.2) is 0 Å². The first-order valence-electron chi connectivity index (χ1n) is 6.81.